The van der Waals surface area contributed by atoms with E-state index < -0.39 is 21.8 Å². The molecule has 0 atom stereocenters. The Bertz CT molecular complexity index is 1230. The van der Waals surface area contributed by atoms with Crippen LogP contribution in [0.3, 0.4) is 0 Å². The van der Waals surface area contributed by atoms with Crippen molar-refractivity contribution in [1.29, 1.82) is 0 Å². The number of anilines is 2. The average Bonchev–Trinajstić information content (AvgIpc) is 3.27. The highest BCUT2D eigenvalue weighted by molar-refractivity contribution is 7.94. The zero-order valence-corrected chi connectivity index (χ0v) is 19.6. The van der Waals surface area contributed by atoms with Crippen LogP contribution in [-0.4, -0.2) is 50.7 Å². The molecule has 10 nitrogen and oxygen atoms in total. The molecule has 0 aliphatic heterocycles. The zero-order valence-electron chi connectivity index (χ0n) is 18.0. The third-order valence-electron chi connectivity index (χ3n) is 4.40. The molecule has 2 aromatic carbocycles. The van der Waals surface area contributed by atoms with Gasteiger partial charge < -0.3 is 10.1 Å². The van der Waals surface area contributed by atoms with Gasteiger partial charge in [-0.1, -0.05) is 41.2 Å². The number of benzene rings is 2. The van der Waals surface area contributed by atoms with Crippen LogP contribution in [0.15, 0.2) is 52.9 Å². The first-order chi connectivity index (χ1) is 15.8. The Morgan fingerprint density at radius 1 is 1.03 bits per heavy atom. The maximum atomic E-state index is 12.8. The summed E-state index contributed by atoms with van der Waals surface area (Å²) in [4.78, 5) is 24.8. The van der Waals surface area contributed by atoms with Crippen LogP contribution in [0.25, 0.3) is 0 Å². The Morgan fingerprint density at radius 3 is 2.48 bits per heavy atom. The summed E-state index contributed by atoms with van der Waals surface area (Å²) < 4.78 is 32.6. The quantitative estimate of drug-likeness (QED) is 0.294. The number of hydrogen-bond donors (Lipinski definition) is 3. The van der Waals surface area contributed by atoms with Gasteiger partial charge in [-0.3, -0.25) is 19.6 Å². The number of amides is 2. The van der Waals surface area contributed by atoms with Crippen molar-refractivity contribution in [3.63, 3.8) is 0 Å². The summed E-state index contributed by atoms with van der Waals surface area (Å²) in [7, 11) is -2.57. The molecule has 3 N–H and O–H groups in total. The molecule has 1 aromatic heterocycles. The third kappa shape index (κ3) is 6.57. The summed E-state index contributed by atoms with van der Waals surface area (Å²) in [5.41, 5.74) is 1.67. The van der Waals surface area contributed by atoms with Gasteiger partial charge in [-0.2, -0.15) is 8.42 Å². The fourth-order valence-corrected chi connectivity index (χ4v) is 4.69. The molecule has 0 spiro atoms. The number of carbonyl (C=O) groups excluding carboxylic acids is 2. The molecule has 0 fully saturated rings. The van der Waals surface area contributed by atoms with Crippen molar-refractivity contribution < 1.29 is 22.7 Å². The van der Waals surface area contributed by atoms with Crippen LogP contribution in [0.5, 0.6) is 0 Å². The van der Waals surface area contributed by atoms with E-state index in [0.717, 1.165) is 5.56 Å². The normalized spacial score (nSPS) is 11.1. The monoisotopic (exact) mass is 489 g/mol. The Labute approximate surface area is 195 Å². The predicted molar refractivity (Wildman–Crippen MR) is 125 cm³/mol. The van der Waals surface area contributed by atoms with Crippen LogP contribution in [-0.2, 0) is 14.8 Å². The largest absolute Gasteiger partial charge is 0.385 e. The van der Waals surface area contributed by atoms with Gasteiger partial charge in [0.2, 0.25) is 5.13 Å². The molecule has 0 radical (unpaired) electrons. The van der Waals surface area contributed by atoms with Gasteiger partial charge >= 0.3 is 0 Å². The zero-order chi connectivity index (χ0) is 23.8. The molecule has 12 heteroatoms. The van der Waals surface area contributed by atoms with Gasteiger partial charge in [0.15, 0.2) is 0 Å². The van der Waals surface area contributed by atoms with E-state index >= 15 is 0 Å². The van der Waals surface area contributed by atoms with Crippen LogP contribution in [0.1, 0.15) is 32.7 Å². The predicted octanol–water partition coefficient (Wildman–Crippen LogP) is 2.67. The van der Waals surface area contributed by atoms with Crippen molar-refractivity contribution in [2.45, 2.75) is 17.7 Å². The van der Waals surface area contributed by atoms with Gasteiger partial charge in [-0.15, -0.1) is 10.2 Å². The van der Waals surface area contributed by atoms with E-state index in [1.807, 2.05) is 6.92 Å². The maximum Gasteiger partial charge on any atom is 0.291 e. The van der Waals surface area contributed by atoms with Crippen molar-refractivity contribution >= 4 is 44.0 Å². The summed E-state index contributed by atoms with van der Waals surface area (Å²) in [6.45, 7) is 2.78. The number of aryl methyl sites for hydroxylation is 1. The highest BCUT2D eigenvalue weighted by Gasteiger charge is 2.23. The second kappa shape index (κ2) is 11.0. The molecule has 2 amide bonds. The molecule has 0 saturated carbocycles. The fourth-order valence-electron chi connectivity index (χ4n) is 2.72. The molecule has 1 heterocycles. The lowest BCUT2D eigenvalue weighted by Crippen LogP contribution is -2.26. The van der Waals surface area contributed by atoms with Crippen LogP contribution in [0.2, 0.25) is 0 Å². The minimum atomic E-state index is -4.14. The highest BCUT2D eigenvalue weighted by atomic mass is 32.2. The van der Waals surface area contributed by atoms with Crippen LogP contribution in [0, 0.1) is 6.92 Å². The molecule has 3 aromatic rings. The number of ether oxygens (including phenoxy) is 1. The van der Waals surface area contributed by atoms with Gasteiger partial charge in [-0.05, 0) is 37.6 Å². The third-order valence-corrected chi connectivity index (χ3v) is 6.97. The minimum absolute atomic E-state index is 0.0325. The molecule has 0 aliphatic carbocycles. The summed E-state index contributed by atoms with van der Waals surface area (Å²) in [6, 6.07) is 13.1. The Hall–Kier alpha value is -3.35. The molecule has 0 saturated heterocycles. The number of para-hydroxylation sites is 1. The molecular formula is C21H23N5O5S2. The van der Waals surface area contributed by atoms with E-state index in [-0.39, 0.29) is 20.7 Å². The lowest BCUT2D eigenvalue weighted by Gasteiger charge is -2.11. The molecule has 174 valence electrons. The van der Waals surface area contributed by atoms with Crippen molar-refractivity contribution in [3.8, 4) is 0 Å². The first kappa shape index (κ1) is 24.3. The molecule has 3 rings (SSSR count). The van der Waals surface area contributed by atoms with Crippen LogP contribution < -0.4 is 15.4 Å². The topological polar surface area (TPSA) is 139 Å². The van der Waals surface area contributed by atoms with Gasteiger partial charge in [0, 0.05) is 25.8 Å². The molecular weight excluding hydrogens is 466 g/mol. The highest BCUT2D eigenvalue weighted by Crippen LogP contribution is 2.25. The second-order valence-corrected chi connectivity index (χ2v) is 9.78. The summed E-state index contributed by atoms with van der Waals surface area (Å²) >= 11 is 0.700. The van der Waals surface area contributed by atoms with Crippen LogP contribution >= 0.6 is 11.3 Å². The van der Waals surface area contributed by atoms with Gasteiger partial charge in [-0.25, -0.2) is 0 Å². The van der Waals surface area contributed by atoms with E-state index in [1.165, 1.54) is 12.1 Å². The van der Waals surface area contributed by atoms with E-state index in [0.29, 0.717) is 36.5 Å². The summed E-state index contributed by atoms with van der Waals surface area (Å²) in [6.07, 6.45) is 0.623. The number of nitrogens with zero attached hydrogens (tertiary/aromatic N) is 2. The first-order valence-corrected chi connectivity index (χ1v) is 12.2. The van der Waals surface area contributed by atoms with Crippen molar-refractivity contribution in [2.75, 3.05) is 30.3 Å². The molecule has 0 aliphatic rings. The van der Waals surface area contributed by atoms with E-state index in [9.17, 15) is 18.0 Å². The Kier molecular flexibility index (Phi) is 8.09. The summed E-state index contributed by atoms with van der Waals surface area (Å²) in [5.74, 6) is -0.855. The standard InChI is InChI=1S/C21H23N5O5S2/c1-14-8-10-15(11-9-14)18(27)23-20-24-25-21(32-20)33(29,30)26-17-7-4-3-6-16(17)19(28)22-12-5-13-31-2/h3-4,6-11,26H,5,12-13H2,1-2H3,(H,22,28)(H,23,24,27). The maximum absolute atomic E-state index is 12.8. The van der Waals surface area contributed by atoms with E-state index in [2.05, 4.69) is 25.6 Å². The Morgan fingerprint density at radius 2 is 1.76 bits per heavy atom. The number of carbonyl (C=O) groups is 2. The Balaban J connectivity index is 1.70. The van der Waals surface area contributed by atoms with Crippen molar-refractivity contribution in [2.24, 2.45) is 0 Å². The SMILES string of the molecule is COCCCNC(=O)c1ccccc1NS(=O)(=O)c1nnc(NC(=O)c2ccc(C)cc2)s1. The molecule has 33 heavy (non-hydrogen) atoms. The lowest BCUT2D eigenvalue weighted by atomic mass is 10.1. The van der Waals surface area contributed by atoms with Gasteiger partial charge in [0.05, 0.1) is 11.3 Å². The lowest BCUT2D eigenvalue weighted by molar-refractivity contribution is 0.0948. The number of rotatable bonds is 10. The average molecular weight is 490 g/mol. The first-order valence-electron chi connectivity index (χ1n) is 9.90. The minimum Gasteiger partial charge on any atom is -0.385 e. The van der Waals surface area contributed by atoms with Crippen molar-refractivity contribution in [3.05, 3.63) is 65.2 Å². The van der Waals surface area contributed by atoms with Gasteiger partial charge in [0.25, 0.3) is 26.2 Å². The number of nitrogens with one attached hydrogen (secondary N) is 3. The molecule has 0 unspecified atom stereocenters. The van der Waals surface area contributed by atoms with Crippen LogP contribution in [0.4, 0.5) is 10.8 Å². The van der Waals surface area contributed by atoms with Crippen molar-refractivity contribution in [1.82, 2.24) is 15.5 Å². The number of sulfonamides is 1. The number of aromatic nitrogens is 2. The smallest absolute Gasteiger partial charge is 0.291 e. The number of methoxy groups -OCH3 is 1. The molecule has 0 bridgehead atoms. The van der Waals surface area contributed by atoms with Gasteiger partial charge in [0.1, 0.15) is 0 Å². The second-order valence-electron chi connectivity index (χ2n) is 6.95. The fraction of sp³-hybridized carbons (Fsp3) is 0.238. The summed E-state index contributed by atoms with van der Waals surface area (Å²) in [5, 5.41) is 12.7. The van der Waals surface area contributed by atoms with E-state index in [4.69, 9.17) is 4.74 Å². The number of hydrogen-bond acceptors (Lipinski definition) is 8. The van der Waals surface area contributed by atoms with E-state index in [1.54, 1.807) is 43.5 Å².